The van der Waals surface area contributed by atoms with Crippen molar-refractivity contribution in [1.82, 2.24) is 9.78 Å². The first kappa shape index (κ1) is 15.7. The maximum atomic E-state index is 11.9. The summed E-state index contributed by atoms with van der Waals surface area (Å²) in [4.78, 5) is 8.62. The molecule has 0 aromatic carbocycles. The molecule has 0 fully saturated rings. The third-order valence-corrected chi connectivity index (χ3v) is 3.39. The molecule has 0 saturated carbocycles. The van der Waals surface area contributed by atoms with Gasteiger partial charge in [0.15, 0.2) is 0 Å². The second-order valence-corrected chi connectivity index (χ2v) is 5.87. The first-order valence-electron chi connectivity index (χ1n) is 4.46. The molecule has 0 bridgehead atoms. The number of aromatic nitrogens is 2. The van der Waals surface area contributed by atoms with Crippen molar-refractivity contribution in [2.75, 3.05) is 5.75 Å². The van der Waals surface area contributed by atoms with E-state index >= 15 is 0 Å². The minimum absolute atomic E-state index is 0.347. The average Bonchev–Trinajstić information content (AvgIpc) is 2.59. The topological polar surface area (TPSA) is 121 Å². The lowest BCUT2D eigenvalue weighted by atomic mass is 10.6. The molecule has 8 nitrogen and oxygen atoms in total. The highest BCUT2D eigenvalue weighted by Crippen LogP contribution is 2.30. The molecule has 0 amide bonds. The smallest absolute Gasteiger partial charge is 0.358 e. The van der Waals surface area contributed by atoms with Crippen molar-refractivity contribution in [2.45, 2.75) is 16.9 Å². The van der Waals surface area contributed by atoms with E-state index in [-0.39, 0.29) is 18.3 Å². The van der Waals surface area contributed by atoms with Crippen molar-refractivity contribution in [3.63, 3.8) is 0 Å². The van der Waals surface area contributed by atoms with E-state index in [0.717, 1.165) is 10.9 Å². The number of primary sulfonamides is 1. The summed E-state index contributed by atoms with van der Waals surface area (Å²) in [6, 6.07) is 0. The number of aryl methyl sites for hydroxylation is 1. The highest BCUT2D eigenvalue weighted by molar-refractivity contribution is 8.00. The molecule has 19 heavy (non-hydrogen) atoms. The van der Waals surface area contributed by atoms with Gasteiger partial charge in [-0.05, 0) is 16.7 Å². The fourth-order valence-corrected chi connectivity index (χ4v) is 2.24. The van der Waals surface area contributed by atoms with Crippen LogP contribution in [0.2, 0.25) is 0 Å². The Morgan fingerprint density at radius 2 is 2.11 bits per heavy atom. The molecule has 0 radical (unpaired) electrons. The highest BCUT2D eigenvalue weighted by Gasteiger charge is 2.30. The van der Waals surface area contributed by atoms with E-state index in [1.54, 1.807) is 0 Å². The standard InChI is InChI=1S/C6H7F3N4O4S2/c7-6(8,9)18-2-1-12-3-4(19(10,16)17)5(11-12)13(14)15/h3H,1-2H2,(H2,10,16,17). The number of rotatable bonds is 5. The SMILES string of the molecule is NS(=O)(=O)c1cn(CCSC(F)(F)F)nc1[N+](=O)[O-]. The first-order valence-corrected chi connectivity index (χ1v) is 6.99. The zero-order valence-electron chi connectivity index (χ0n) is 8.99. The van der Waals surface area contributed by atoms with Crippen LogP contribution in [0, 0.1) is 10.1 Å². The Balaban J connectivity index is 2.91. The van der Waals surface area contributed by atoms with Gasteiger partial charge < -0.3 is 10.1 Å². The number of nitro groups is 1. The van der Waals surface area contributed by atoms with Gasteiger partial charge in [0, 0.05) is 5.75 Å². The predicted octanol–water partition coefficient (Wildman–Crippen LogP) is 0.692. The summed E-state index contributed by atoms with van der Waals surface area (Å²) in [6.07, 6.45) is 0.727. The van der Waals surface area contributed by atoms with Crippen LogP contribution in [0.5, 0.6) is 0 Å². The van der Waals surface area contributed by atoms with Crippen molar-refractivity contribution >= 4 is 27.6 Å². The first-order chi connectivity index (χ1) is 8.50. The molecule has 0 unspecified atom stereocenters. The van der Waals surface area contributed by atoms with E-state index in [4.69, 9.17) is 5.14 Å². The molecule has 1 heterocycles. The van der Waals surface area contributed by atoms with E-state index in [2.05, 4.69) is 5.10 Å². The molecule has 2 N–H and O–H groups in total. The number of halogens is 3. The quantitative estimate of drug-likeness (QED) is 0.629. The summed E-state index contributed by atoms with van der Waals surface area (Å²) >= 11 is -0.352. The second-order valence-electron chi connectivity index (χ2n) is 3.18. The summed E-state index contributed by atoms with van der Waals surface area (Å²) in [6.45, 7) is -0.347. The number of hydrogen-bond acceptors (Lipinski definition) is 6. The van der Waals surface area contributed by atoms with Gasteiger partial charge in [-0.15, -0.1) is 0 Å². The van der Waals surface area contributed by atoms with Crippen LogP contribution in [0.3, 0.4) is 0 Å². The lowest BCUT2D eigenvalue weighted by Crippen LogP contribution is -2.13. The minimum atomic E-state index is -4.44. The maximum absolute atomic E-state index is 11.9. The molecule has 1 aromatic heterocycles. The van der Waals surface area contributed by atoms with Crippen molar-refractivity contribution in [1.29, 1.82) is 0 Å². The van der Waals surface area contributed by atoms with E-state index in [0.29, 0.717) is 0 Å². The Morgan fingerprint density at radius 1 is 1.53 bits per heavy atom. The van der Waals surface area contributed by atoms with Gasteiger partial charge in [0.05, 0.1) is 17.8 Å². The Bertz CT molecular complexity index is 582. The Hall–Kier alpha value is -1.34. The molecule has 0 aliphatic rings. The Morgan fingerprint density at radius 3 is 2.47 bits per heavy atom. The van der Waals surface area contributed by atoms with Gasteiger partial charge in [0.1, 0.15) is 0 Å². The number of hydrogen-bond donors (Lipinski definition) is 1. The van der Waals surface area contributed by atoms with Crippen LogP contribution in [0.25, 0.3) is 0 Å². The molecule has 0 spiro atoms. The Kier molecular flexibility index (Phi) is 4.42. The fraction of sp³-hybridized carbons (Fsp3) is 0.500. The van der Waals surface area contributed by atoms with Gasteiger partial charge in [0.2, 0.25) is 14.9 Å². The zero-order chi connectivity index (χ0) is 14.8. The van der Waals surface area contributed by atoms with Crippen LogP contribution in [0.1, 0.15) is 0 Å². The van der Waals surface area contributed by atoms with Crippen molar-refractivity contribution < 1.29 is 26.5 Å². The third-order valence-electron chi connectivity index (χ3n) is 1.78. The largest absolute Gasteiger partial charge is 0.441 e. The van der Waals surface area contributed by atoms with Gasteiger partial charge in [0.25, 0.3) is 0 Å². The lowest BCUT2D eigenvalue weighted by molar-refractivity contribution is -0.392. The number of nitrogens with zero attached hydrogens (tertiary/aromatic N) is 3. The van der Waals surface area contributed by atoms with Gasteiger partial charge >= 0.3 is 11.3 Å². The highest BCUT2D eigenvalue weighted by atomic mass is 32.2. The van der Waals surface area contributed by atoms with E-state index in [1.807, 2.05) is 0 Å². The molecule has 0 saturated heterocycles. The molecular weight excluding hydrogens is 313 g/mol. The van der Waals surface area contributed by atoms with Crippen LogP contribution in [0.4, 0.5) is 19.0 Å². The van der Waals surface area contributed by atoms with Crippen molar-refractivity contribution in [3.8, 4) is 0 Å². The predicted molar refractivity (Wildman–Crippen MR) is 58.8 cm³/mol. The molecule has 1 rings (SSSR count). The molecule has 13 heteroatoms. The molecular formula is C6H7F3N4O4S2. The molecule has 1 aromatic rings. The summed E-state index contributed by atoms with van der Waals surface area (Å²) < 4.78 is 58.4. The number of alkyl halides is 3. The average molecular weight is 320 g/mol. The van der Waals surface area contributed by atoms with Gasteiger partial charge in [-0.25, -0.2) is 13.6 Å². The van der Waals surface area contributed by atoms with Crippen LogP contribution >= 0.6 is 11.8 Å². The van der Waals surface area contributed by atoms with Crippen molar-refractivity contribution in [2.24, 2.45) is 5.14 Å². The molecule has 108 valence electrons. The zero-order valence-corrected chi connectivity index (χ0v) is 10.6. The second kappa shape index (κ2) is 5.34. The normalized spacial score (nSPS) is 12.6. The van der Waals surface area contributed by atoms with Gasteiger partial charge in [-0.2, -0.15) is 17.9 Å². The Labute approximate surface area is 109 Å². The summed E-state index contributed by atoms with van der Waals surface area (Å²) in [5.41, 5.74) is -4.44. The molecule has 0 aliphatic heterocycles. The van der Waals surface area contributed by atoms with Gasteiger partial charge in [-0.3, -0.25) is 0 Å². The fourth-order valence-electron chi connectivity index (χ4n) is 1.09. The lowest BCUT2D eigenvalue weighted by Gasteiger charge is -2.03. The molecule has 0 aliphatic carbocycles. The van der Waals surface area contributed by atoms with Crippen LogP contribution in [-0.4, -0.2) is 34.4 Å². The van der Waals surface area contributed by atoms with E-state index in [9.17, 15) is 31.7 Å². The van der Waals surface area contributed by atoms with Crippen molar-refractivity contribution in [3.05, 3.63) is 16.3 Å². The van der Waals surface area contributed by atoms with Crippen LogP contribution in [0.15, 0.2) is 11.1 Å². The number of nitrogens with two attached hydrogens (primary N) is 1. The van der Waals surface area contributed by atoms with Crippen LogP contribution in [-0.2, 0) is 16.6 Å². The van der Waals surface area contributed by atoms with Crippen LogP contribution < -0.4 is 5.14 Å². The maximum Gasteiger partial charge on any atom is 0.441 e. The number of sulfonamides is 1. The summed E-state index contributed by atoms with van der Waals surface area (Å²) in [5, 5.41) is 18.5. The van der Waals surface area contributed by atoms with E-state index < -0.39 is 36.9 Å². The summed E-state index contributed by atoms with van der Waals surface area (Å²) in [7, 11) is -4.37. The third kappa shape index (κ3) is 4.68. The van der Waals surface area contributed by atoms with E-state index in [1.165, 1.54) is 0 Å². The number of thioether (sulfide) groups is 1. The summed E-state index contributed by atoms with van der Waals surface area (Å²) in [5.74, 6) is -1.48. The minimum Gasteiger partial charge on any atom is -0.358 e. The molecule has 0 atom stereocenters. The monoisotopic (exact) mass is 320 g/mol. The van der Waals surface area contributed by atoms with Gasteiger partial charge in [-0.1, -0.05) is 0 Å².